The second kappa shape index (κ2) is 9.82. The molecule has 150 valence electrons. The number of carbonyl (C=O) groups excluding carboxylic acids is 1. The van der Waals surface area contributed by atoms with Gasteiger partial charge in [0.2, 0.25) is 5.91 Å². The van der Waals surface area contributed by atoms with Crippen molar-refractivity contribution in [1.82, 2.24) is 14.8 Å². The number of carbonyl (C=O) groups is 1. The molecule has 0 aliphatic heterocycles. The Bertz CT molecular complexity index is 1020. The summed E-state index contributed by atoms with van der Waals surface area (Å²) in [5.74, 6) is 1.36. The summed E-state index contributed by atoms with van der Waals surface area (Å²) >= 11 is 13.3. The Morgan fingerprint density at radius 1 is 1.24 bits per heavy atom. The third kappa shape index (κ3) is 5.32. The molecule has 0 aliphatic carbocycles. The molecule has 3 aromatic rings. The van der Waals surface area contributed by atoms with Gasteiger partial charge in [-0.15, -0.1) is 16.8 Å². The Morgan fingerprint density at radius 3 is 2.69 bits per heavy atom. The summed E-state index contributed by atoms with van der Waals surface area (Å²) in [6, 6.07) is 12.4. The summed E-state index contributed by atoms with van der Waals surface area (Å²) in [4.78, 5) is 12.3. The number of amides is 1. The fourth-order valence-corrected chi connectivity index (χ4v) is 3.64. The minimum absolute atomic E-state index is 0.140. The van der Waals surface area contributed by atoms with E-state index in [0.29, 0.717) is 33.3 Å². The number of aromatic nitrogens is 3. The lowest BCUT2D eigenvalue weighted by molar-refractivity contribution is -0.113. The van der Waals surface area contributed by atoms with Crippen LogP contribution < -0.4 is 10.1 Å². The van der Waals surface area contributed by atoms with Gasteiger partial charge in [-0.2, -0.15) is 0 Å². The van der Waals surface area contributed by atoms with Gasteiger partial charge in [-0.3, -0.25) is 9.36 Å². The van der Waals surface area contributed by atoms with Crippen molar-refractivity contribution in [1.29, 1.82) is 0 Å². The van der Waals surface area contributed by atoms with Crippen molar-refractivity contribution in [2.45, 2.75) is 11.7 Å². The molecule has 2 aromatic carbocycles. The molecule has 0 spiro atoms. The van der Waals surface area contributed by atoms with Crippen molar-refractivity contribution in [3.63, 3.8) is 0 Å². The first kappa shape index (κ1) is 21.2. The van der Waals surface area contributed by atoms with Crippen molar-refractivity contribution in [3.8, 4) is 17.1 Å². The number of hydrogen-bond donors (Lipinski definition) is 1. The second-order valence-electron chi connectivity index (χ2n) is 5.89. The molecule has 0 saturated heterocycles. The highest BCUT2D eigenvalue weighted by Gasteiger charge is 2.15. The third-order valence-electron chi connectivity index (χ3n) is 3.91. The minimum atomic E-state index is -0.224. The number of thioether (sulfide) groups is 1. The van der Waals surface area contributed by atoms with E-state index >= 15 is 0 Å². The van der Waals surface area contributed by atoms with Crippen LogP contribution in [-0.4, -0.2) is 33.5 Å². The molecule has 6 nitrogen and oxygen atoms in total. The van der Waals surface area contributed by atoms with Crippen LogP contribution in [0.5, 0.6) is 5.75 Å². The lowest BCUT2D eigenvalue weighted by Crippen LogP contribution is -2.15. The fourth-order valence-electron chi connectivity index (χ4n) is 2.55. The number of rotatable bonds is 8. The quantitative estimate of drug-likeness (QED) is 0.379. The van der Waals surface area contributed by atoms with Crippen LogP contribution in [0.3, 0.4) is 0 Å². The van der Waals surface area contributed by atoms with Crippen LogP contribution in [0.1, 0.15) is 0 Å². The molecular weight excluding hydrogens is 431 g/mol. The molecule has 1 heterocycles. The predicted octanol–water partition coefficient (Wildman–Crippen LogP) is 5.18. The van der Waals surface area contributed by atoms with E-state index in [9.17, 15) is 4.79 Å². The average Bonchev–Trinajstić information content (AvgIpc) is 3.12. The van der Waals surface area contributed by atoms with Crippen LogP contribution in [0.4, 0.5) is 5.69 Å². The summed E-state index contributed by atoms with van der Waals surface area (Å²) < 4.78 is 7.09. The van der Waals surface area contributed by atoms with Crippen molar-refractivity contribution >= 4 is 46.6 Å². The van der Waals surface area contributed by atoms with Gasteiger partial charge in [0.1, 0.15) is 5.75 Å². The Balaban J connectivity index is 1.73. The normalized spacial score (nSPS) is 10.6. The van der Waals surface area contributed by atoms with Gasteiger partial charge in [-0.1, -0.05) is 41.0 Å². The molecule has 1 amide bonds. The third-order valence-corrected chi connectivity index (χ3v) is 5.44. The van der Waals surface area contributed by atoms with Crippen LogP contribution in [0, 0.1) is 0 Å². The Morgan fingerprint density at radius 2 is 2.00 bits per heavy atom. The average molecular weight is 449 g/mol. The molecule has 0 atom stereocenters. The lowest BCUT2D eigenvalue weighted by Gasteiger charge is -2.09. The van der Waals surface area contributed by atoms with Crippen LogP contribution in [0.15, 0.2) is 60.3 Å². The van der Waals surface area contributed by atoms with Gasteiger partial charge in [0.15, 0.2) is 11.0 Å². The summed E-state index contributed by atoms with van der Waals surface area (Å²) in [6.45, 7) is 4.31. The predicted molar refractivity (Wildman–Crippen MR) is 118 cm³/mol. The molecule has 1 aromatic heterocycles. The first-order valence-electron chi connectivity index (χ1n) is 8.58. The van der Waals surface area contributed by atoms with E-state index < -0.39 is 0 Å². The van der Waals surface area contributed by atoms with E-state index in [1.807, 2.05) is 28.8 Å². The maximum absolute atomic E-state index is 12.3. The van der Waals surface area contributed by atoms with Crippen molar-refractivity contribution in [3.05, 3.63) is 65.2 Å². The van der Waals surface area contributed by atoms with Crippen LogP contribution >= 0.6 is 35.0 Å². The number of nitrogens with one attached hydrogen (secondary N) is 1. The van der Waals surface area contributed by atoms with Gasteiger partial charge in [0, 0.05) is 17.1 Å². The topological polar surface area (TPSA) is 69.0 Å². The number of allylic oxidation sites excluding steroid dienone is 1. The first-order valence-corrected chi connectivity index (χ1v) is 10.3. The minimum Gasteiger partial charge on any atom is -0.497 e. The fraction of sp³-hybridized carbons (Fsp3) is 0.150. The zero-order valence-electron chi connectivity index (χ0n) is 15.6. The zero-order valence-corrected chi connectivity index (χ0v) is 17.9. The SMILES string of the molecule is C=CCn1c(SCC(=O)Nc2cc(Cl)ccc2Cl)nnc1-c1ccc(OC)cc1. The highest BCUT2D eigenvalue weighted by molar-refractivity contribution is 7.99. The Kier molecular flexibility index (Phi) is 7.19. The number of nitrogens with zero attached hydrogens (tertiary/aromatic N) is 3. The number of benzene rings is 2. The van der Waals surface area contributed by atoms with Gasteiger partial charge in [0.25, 0.3) is 0 Å². The van der Waals surface area contributed by atoms with E-state index in [1.165, 1.54) is 11.8 Å². The Hall–Kier alpha value is -2.48. The molecular formula is C20H18Cl2N4O2S. The molecule has 0 radical (unpaired) electrons. The molecule has 1 N–H and O–H groups in total. The van der Waals surface area contributed by atoms with Crippen LogP contribution in [-0.2, 0) is 11.3 Å². The first-order chi connectivity index (χ1) is 14.0. The maximum atomic E-state index is 12.3. The van der Waals surface area contributed by atoms with E-state index in [1.54, 1.807) is 31.4 Å². The maximum Gasteiger partial charge on any atom is 0.234 e. The molecule has 0 unspecified atom stereocenters. The lowest BCUT2D eigenvalue weighted by atomic mass is 10.2. The zero-order chi connectivity index (χ0) is 20.8. The number of halogens is 2. The van der Waals surface area contributed by atoms with Crippen molar-refractivity contribution in [2.75, 3.05) is 18.2 Å². The summed E-state index contributed by atoms with van der Waals surface area (Å²) in [5, 5.41) is 12.8. The van der Waals surface area contributed by atoms with Crippen LogP contribution in [0.2, 0.25) is 10.0 Å². The molecule has 9 heteroatoms. The standard InChI is InChI=1S/C20H18Cl2N4O2S/c1-3-10-26-19(13-4-7-15(28-2)8-5-13)24-25-20(26)29-12-18(27)23-17-11-14(21)6-9-16(17)22/h3-9,11H,1,10,12H2,2H3,(H,23,27). The number of hydrogen-bond acceptors (Lipinski definition) is 5. The molecule has 0 fully saturated rings. The summed E-state index contributed by atoms with van der Waals surface area (Å²) in [5.41, 5.74) is 1.36. The molecule has 0 bridgehead atoms. The number of anilines is 1. The Labute approximate surface area is 182 Å². The van der Waals surface area contributed by atoms with Crippen LogP contribution in [0.25, 0.3) is 11.4 Å². The van der Waals surface area contributed by atoms with E-state index in [-0.39, 0.29) is 11.7 Å². The summed E-state index contributed by atoms with van der Waals surface area (Å²) in [6.07, 6.45) is 1.76. The van der Waals surface area contributed by atoms with Gasteiger partial charge >= 0.3 is 0 Å². The molecule has 0 aliphatic rings. The largest absolute Gasteiger partial charge is 0.497 e. The number of methoxy groups -OCH3 is 1. The van der Waals surface area contributed by atoms with Gasteiger partial charge in [-0.05, 0) is 42.5 Å². The molecule has 0 saturated carbocycles. The summed E-state index contributed by atoms with van der Waals surface area (Å²) in [7, 11) is 1.62. The van der Waals surface area contributed by atoms with Crippen molar-refractivity contribution in [2.24, 2.45) is 0 Å². The smallest absolute Gasteiger partial charge is 0.234 e. The van der Waals surface area contributed by atoms with Crippen molar-refractivity contribution < 1.29 is 9.53 Å². The monoisotopic (exact) mass is 448 g/mol. The number of ether oxygens (including phenoxy) is 1. The second-order valence-corrected chi connectivity index (χ2v) is 7.68. The highest BCUT2D eigenvalue weighted by atomic mass is 35.5. The van der Waals surface area contributed by atoms with E-state index in [4.69, 9.17) is 27.9 Å². The van der Waals surface area contributed by atoms with Gasteiger partial charge in [0.05, 0.1) is 23.6 Å². The molecule has 3 rings (SSSR count). The molecule has 29 heavy (non-hydrogen) atoms. The van der Waals surface area contributed by atoms with E-state index in [0.717, 1.165) is 11.3 Å². The highest BCUT2D eigenvalue weighted by Crippen LogP contribution is 2.27. The van der Waals surface area contributed by atoms with E-state index in [2.05, 4.69) is 22.1 Å². The van der Waals surface area contributed by atoms with Gasteiger partial charge < -0.3 is 10.1 Å². The van der Waals surface area contributed by atoms with Gasteiger partial charge in [-0.25, -0.2) is 0 Å².